The highest BCUT2D eigenvalue weighted by molar-refractivity contribution is 6.00. The number of rotatable bonds is 9. The van der Waals surface area contributed by atoms with Crippen LogP contribution in [0.25, 0.3) is 0 Å². The lowest BCUT2D eigenvalue weighted by Crippen LogP contribution is -2.56. The van der Waals surface area contributed by atoms with Crippen LogP contribution in [0.3, 0.4) is 0 Å². The molecule has 2 fully saturated rings. The van der Waals surface area contributed by atoms with Gasteiger partial charge in [0.15, 0.2) is 0 Å². The molecule has 0 aromatic rings. The minimum atomic E-state index is -1.18. The zero-order valence-electron chi connectivity index (χ0n) is 20.7. The Hall–Kier alpha value is -2.19. The average molecular weight is 474 g/mol. The van der Waals surface area contributed by atoms with Gasteiger partial charge in [-0.2, -0.15) is 0 Å². The predicted octanol–water partition coefficient (Wildman–Crippen LogP) is 1.74. The predicted molar refractivity (Wildman–Crippen MR) is 128 cm³/mol. The number of hydrogen-bond donors (Lipinski definition) is 1. The van der Waals surface area contributed by atoms with E-state index in [2.05, 4.69) is 6.92 Å². The molecule has 0 aromatic heterocycles. The summed E-state index contributed by atoms with van der Waals surface area (Å²) in [6.45, 7) is 8.61. The molecule has 4 heterocycles. The molecule has 0 aromatic carbocycles. The summed E-state index contributed by atoms with van der Waals surface area (Å²) in [7, 11) is 0. The van der Waals surface area contributed by atoms with Gasteiger partial charge in [0, 0.05) is 39.3 Å². The molecular weight excluding hydrogens is 434 g/mol. The molecule has 1 spiro atoms. The van der Waals surface area contributed by atoms with Gasteiger partial charge in [-0.05, 0) is 32.6 Å². The summed E-state index contributed by atoms with van der Waals surface area (Å²) in [6, 6.07) is -0.802. The molecule has 3 amide bonds. The fourth-order valence-corrected chi connectivity index (χ4v) is 6.27. The van der Waals surface area contributed by atoms with Crippen LogP contribution in [0, 0.1) is 11.8 Å². The smallest absolute Gasteiger partial charge is 0.249 e. The highest BCUT2D eigenvalue weighted by atomic mass is 16.5. The SMILES string of the molecule is CCCCN1CC=C[C@]23O[C@@]4(C)C=CCN(CCC)C(=O)[C@H]4[C@H]2C(=O)N(CCCCO)C3C1=O. The van der Waals surface area contributed by atoms with Crippen LogP contribution in [0.4, 0.5) is 0 Å². The Balaban J connectivity index is 1.79. The lowest BCUT2D eigenvalue weighted by Gasteiger charge is -2.37. The van der Waals surface area contributed by atoms with Gasteiger partial charge in [-0.25, -0.2) is 0 Å². The lowest BCUT2D eigenvalue weighted by atomic mass is 9.74. The van der Waals surface area contributed by atoms with Crippen molar-refractivity contribution in [3.05, 3.63) is 24.3 Å². The monoisotopic (exact) mass is 473 g/mol. The molecule has 4 aliphatic rings. The highest BCUT2D eigenvalue weighted by Gasteiger charge is 2.74. The molecule has 0 radical (unpaired) electrons. The second kappa shape index (κ2) is 9.82. The first-order valence-corrected chi connectivity index (χ1v) is 12.9. The van der Waals surface area contributed by atoms with E-state index in [1.54, 1.807) is 9.80 Å². The summed E-state index contributed by atoms with van der Waals surface area (Å²) >= 11 is 0. The fraction of sp³-hybridized carbons (Fsp3) is 0.731. The Kier molecular flexibility index (Phi) is 7.20. The van der Waals surface area contributed by atoms with Crippen molar-refractivity contribution in [1.82, 2.24) is 14.7 Å². The first-order valence-electron chi connectivity index (χ1n) is 12.9. The quantitative estimate of drug-likeness (QED) is 0.407. The Bertz CT molecular complexity index is 872. The Labute approximate surface area is 202 Å². The molecule has 34 heavy (non-hydrogen) atoms. The van der Waals surface area contributed by atoms with E-state index in [0.29, 0.717) is 45.6 Å². The number of aliphatic hydroxyl groups excluding tert-OH is 1. The van der Waals surface area contributed by atoms with Crippen LogP contribution in [0.2, 0.25) is 0 Å². The largest absolute Gasteiger partial charge is 0.396 e. The normalized spacial score (nSPS) is 34.9. The van der Waals surface area contributed by atoms with Gasteiger partial charge in [0.1, 0.15) is 11.6 Å². The number of carbonyl (C=O) groups is 3. The van der Waals surface area contributed by atoms with Crippen LogP contribution in [-0.4, -0.2) is 94.1 Å². The van der Waals surface area contributed by atoms with Crippen molar-refractivity contribution in [2.45, 2.75) is 70.1 Å². The van der Waals surface area contributed by atoms with Gasteiger partial charge in [-0.1, -0.05) is 44.6 Å². The number of amides is 3. The van der Waals surface area contributed by atoms with E-state index in [9.17, 15) is 19.5 Å². The molecule has 0 bridgehead atoms. The van der Waals surface area contributed by atoms with Gasteiger partial charge in [-0.3, -0.25) is 14.4 Å². The van der Waals surface area contributed by atoms with Crippen molar-refractivity contribution < 1.29 is 24.2 Å². The molecule has 1 N–H and O–H groups in total. The van der Waals surface area contributed by atoms with Crippen molar-refractivity contribution in [1.29, 1.82) is 0 Å². The maximum atomic E-state index is 14.0. The number of fused-ring (bicyclic) bond motifs is 2. The summed E-state index contributed by atoms with van der Waals surface area (Å²) in [5.41, 5.74) is -2.14. The maximum absolute atomic E-state index is 14.0. The van der Waals surface area contributed by atoms with Gasteiger partial charge in [-0.15, -0.1) is 0 Å². The molecule has 0 saturated carbocycles. The van der Waals surface area contributed by atoms with E-state index in [0.717, 1.165) is 19.3 Å². The number of nitrogens with zero attached hydrogens (tertiary/aromatic N) is 3. The molecule has 1 unspecified atom stereocenters. The fourth-order valence-electron chi connectivity index (χ4n) is 6.27. The molecule has 188 valence electrons. The van der Waals surface area contributed by atoms with Crippen LogP contribution in [-0.2, 0) is 19.1 Å². The van der Waals surface area contributed by atoms with Crippen LogP contribution in [0.5, 0.6) is 0 Å². The molecule has 5 atom stereocenters. The summed E-state index contributed by atoms with van der Waals surface area (Å²) in [4.78, 5) is 47.0. The number of aliphatic hydroxyl groups is 1. The van der Waals surface area contributed by atoms with E-state index in [1.807, 2.05) is 43.1 Å². The number of ether oxygens (including phenoxy) is 1. The van der Waals surface area contributed by atoms with Crippen LogP contribution in [0.1, 0.15) is 52.9 Å². The summed E-state index contributed by atoms with van der Waals surface area (Å²) in [5, 5.41) is 9.30. The zero-order valence-corrected chi connectivity index (χ0v) is 20.7. The number of hydrogen-bond acceptors (Lipinski definition) is 5. The summed E-state index contributed by atoms with van der Waals surface area (Å²) < 4.78 is 6.77. The maximum Gasteiger partial charge on any atom is 0.249 e. The van der Waals surface area contributed by atoms with Crippen molar-refractivity contribution in [2.24, 2.45) is 11.8 Å². The number of unbranched alkanes of at least 4 members (excludes halogenated alkanes) is 2. The first-order chi connectivity index (χ1) is 16.3. The lowest BCUT2D eigenvalue weighted by molar-refractivity contribution is -0.152. The molecule has 4 aliphatic heterocycles. The van der Waals surface area contributed by atoms with Gasteiger partial charge >= 0.3 is 0 Å². The minimum absolute atomic E-state index is 0.0319. The third-order valence-corrected chi connectivity index (χ3v) is 7.81. The van der Waals surface area contributed by atoms with E-state index in [4.69, 9.17) is 4.74 Å². The first kappa shape index (κ1) is 24.9. The third-order valence-electron chi connectivity index (χ3n) is 7.81. The average Bonchev–Trinajstić information content (AvgIpc) is 3.07. The van der Waals surface area contributed by atoms with Gasteiger partial charge in [0.2, 0.25) is 17.7 Å². The topological polar surface area (TPSA) is 90.4 Å². The minimum Gasteiger partial charge on any atom is -0.396 e. The molecular formula is C26H39N3O5. The summed E-state index contributed by atoms with van der Waals surface area (Å²) in [6.07, 6.45) is 11.5. The van der Waals surface area contributed by atoms with Crippen LogP contribution < -0.4 is 0 Å². The zero-order chi connectivity index (χ0) is 24.5. The Morgan fingerprint density at radius 1 is 0.882 bits per heavy atom. The standard InChI is InChI=1S/C26H39N3O5/c1-4-6-14-28-16-10-12-26-20(23(32)29(17-7-8-18-30)21(26)24(28)33)19-22(31)27(13-5-2)15-9-11-25(19,3)34-26/h9-12,19-21,30H,4-8,13-18H2,1-3H3/t19-,20+,21?,25+,26+/m1/s1. The second-order valence-corrected chi connectivity index (χ2v) is 10.2. The van der Waals surface area contributed by atoms with E-state index >= 15 is 0 Å². The molecule has 2 saturated heterocycles. The van der Waals surface area contributed by atoms with Gasteiger partial charge in [0.25, 0.3) is 0 Å². The Morgan fingerprint density at radius 3 is 2.26 bits per heavy atom. The van der Waals surface area contributed by atoms with Crippen LogP contribution >= 0.6 is 0 Å². The molecule has 8 nitrogen and oxygen atoms in total. The van der Waals surface area contributed by atoms with Crippen molar-refractivity contribution >= 4 is 17.7 Å². The van der Waals surface area contributed by atoms with E-state index < -0.39 is 29.1 Å². The second-order valence-electron chi connectivity index (χ2n) is 10.2. The summed E-state index contributed by atoms with van der Waals surface area (Å²) in [5.74, 6) is -1.81. The Morgan fingerprint density at radius 2 is 1.59 bits per heavy atom. The third kappa shape index (κ3) is 3.88. The van der Waals surface area contributed by atoms with Crippen molar-refractivity contribution in [3.8, 4) is 0 Å². The van der Waals surface area contributed by atoms with E-state index in [1.165, 1.54) is 0 Å². The molecule has 8 heteroatoms. The number of likely N-dealkylation sites (tertiary alicyclic amines) is 1. The number of carbonyl (C=O) groups excluding carboxylic acids is 3. The van der Waals surface area contributed by atoms with E-state index in [-0.39, 0.29) is 24.3 Å². The highest BCUT2D eigenvalue weighted by Crippen LogP contribution is 2.57. The molecule has 4 rings (SSSR count). The van der Waals surface area contributed by atoms with Crippen molar-refractivity contribution in [3.63, 3.8) is 0 Å². The van der Waals surface area contributed by atoms with Gasteiger partial charge < -0.3 is 24.5 Å². The van der Waals surface area contributed by atoms with Crippen molar-refractivity contribution in [2.75, 3.05) is 39.3 Å². The molecule has 0 aliphatic carbocycles. The van der Waals surface area contributed by atoms with Crippen LogP contribution in [0.15, 0.2) is 24.3 Å². The van der Waals surface area contributed by atoms with Gasteiger partial charge in [0.05, 0.1) is 17.4 Å².